The minimum Gasteiger partial charge on any atom is -0.374 e. The highest BCUT2D eigenvalue weighted by atomic mass is 16.5. The third-order valence-corrected chi connectivity index (χ3v) is 4.39. The molecule has 7 heteroatoms. The van der Waals surface area contributed by atoms with E-state index in [4.69, 9.17) is 9.26 Å². The molecule has 1 atom stereocenters. The fourth-order valence-corrected chi connectivity index (χ4v) is 3.10. The largest absolute Gasteiger partial charge is 0.374 e. The van der Waals surface area contributed by atoms with Gasteiger partial charge in [0.05, 0.1) is 25.8 Å². The third-order valence-electron chi connectivity index (χ3n) is 4.39. The van der Waals surface area contributed by atoms with Crippen LogP contribution in [0.3, 0.4) is 0 Å². The molecule has 0 amide bonds. The third kappa shape index (κ3) is 3.78. The second-order valence-corrected chi connectivity index (χ2v) is 6.28. The molecule has 0 saturated carbocycles. The summed E-state index contributed by atoms with van der Waals surface area (Å²) in [4.78, 5) is 6.84. The maximum Gasteiger partial charge on any atom is 0.241 e. The Kier molecular flexibility index (Phi) is 4.58. The van der Waals surface area contributed by atoms with Crippen LogP contribution in [0.15, 0.2) is 47.2 Å². The molecule has 1 fully saturated rings. The van der Waals surface area contributed by atoms with E-state index in [0.29, 0.717) is 24.9 Å². The van der Waals surface area contributed by atoms with E-state index in [1.807, 2.05) is 48.1 Å². The quantitative estimate of drug-likeness (QED) is 0.709. The van der Waals surface area contributed by atoms with E-state index in [1.54, 1.807) is 6.20 Å². The van der Waals surface area contributed by atoms with Gasteiger partial charge in [-0.1, -0.05) is 29.4 Å². The topological polar surface area (TPSA) is 69.2 Å². The molecule has 0 radical (unpaired) electrons. The first-order chi connectivity index (χ1) is 12.3. The van der Waals surface area contributed by atoms with Crippen LogP contribution >= 0.6 is 0 Å². The van der Waals surface area contributed by atoms with Crippen molar-refractivity contribution in [3.8, 4) is 11.4 Å². The van der Waals surface area contributed by atoms with Crippen LogP contribution in [0, 0.1) is 6.92 Å². The minimum atomic E-state index is 0.118. The summed E-state index contributed by atoms with van der Waals surface area (Å²) in [6.07, 6.45) is 3.85. The van der Waals surface area contributed by atoms with E-state index in [2.05, 4.69) is 20.1 Å². The standard InChI is InChI=1S/C18H21N5O2/c1-14-5-2-3-6-16(14)18-20-17(25-21-18)13-22-9-10-24-15(11-22)12-23-8-4-7-19-23/h2-8,15H,9-13H2,1H3/t15-/m1/s1. The van der Waals surface area contributed by atoms with Gasteiger partial charge in [-0.15, -0.1) is 0 Å². The number of aryl methyl sites for hydroxylation is 1. The Morgan fingerprint density at radius 1 is 1.24 bits per heavy atom. The summed E-state index contributed by atoms with van der Waals surface area (Å²) in [5, 5.41) is 8.38. The molecule has 7 nitrogen and oxygen atoms in total. The Bertz CT molecular complexity index is 815. The first-order valence-electron chi connectivity index (χ1n) is 8.48. The summed E-state index contributed by atoms with van der Waals surface area (Å²) in [5.74, 6) is 1.28. The van der Waals surface area contributed by atoms with Crippen LogP contribution in [-0.4, -0.2) is 50.6 Å². The normalized spacial score (nSPS) is 18.5. The molecular formula is C18H21N5O2. The molecule has 0 spiro atoms. The SMILES string of the molecule is Cc1ccccc1-c1noc(CN2CCO[C@@H](Cn3cccn3)C2)n1. The Labute approximate surface area is 146 Å². The first kappa shape index (κ1) is 16.0. The van der Waals surface area contributed by atoms with Gasteiger partial charge in [0, 0.05) is 31.0 Å². The van der Waals surface area contributed by atoms with Crippen molar-refractivity contribution in [1.82, 2.24) is 24.8 Å². The predicted octanol–water partition coefficient (Wildman–Crippen LogP) is 2.14. The molecule has 1 aliphatic heterocycles. The van der Waals surface area contributed by atoms with Crippen molar-refractivity contribution in [2.45, 2.75) is 26.1 Å². The van der Waals surface area contributed by atoms with E-state index in [9.17, 15) is 0 Å². The van der Waals surface area contributed by atoms with Crippen molar-refractivity contribution < 1.29 is 9.26 Å². The zero-order valence-electron chi connectivity index (χ0n) is 14.2. The van der Waals surface area contributed by atoms with Crippen molar-refractivity contribution in [2.24, 2.45) is 0 Å². The lowest BCUT2D eigenvalue weighted by molar-refractivity contribution is -0.0426. The maximum absolute atomic E-state index is 5.84. The Hall–Kier alpha value is -2.51. The molecule has 3 aromatic rings. The van der Waals surface area contributed by atoms with Gasteiger partial charge in [-0.3, -0.25) is 9.58 Å². The van der Waals surface area contributed by atoms with Crippen LogP contribution in [0.25, 0.3) is 11.4 Å². The summed E-state index contributed by atoms with van der Waals surface area (Å²) in [6, 6.07) is 9.98. The highest BCUT2D eigenvalue weighted by molar-refractivity contribution is 5.58. The number of benzene rings is 1. The smallest absolute Gasteiger partial charge is 0.241 e. The van der Waals surface area contributed by atoms with Gasteiger partial charge < -0.3 is 9.26 Å². The van der Waals surface area contributed by atoms with E-state index >= 15 is 0 Å². The monoisotopic (exact) mass is 339 g/mol. The van der Waals surface area contributed by atoms with Crippen LogP contribution in [0.1, 0.15) is 11.5 Å². The van der Waals surface area contributed by atoms with Crippen LogP contribution < -0.4 is 0 Å². The van der Waals surface area contributed by atoms with E-state index in [-0.39, 0.29) is 6.10 Å². The molecule has 0 bridgehead atoms. The molecule has 3 heterocycles. The minimum absolute atomic E-state index is 0.118. The number of nitrogens with zero attached hydrogens (tertiary/aromatic N) is 5. The summed E-state index contributed by atoms with van der Waals surface area (Å²) >= 11 is 0. The number of hydrogen-bond donors (Lipinski definition) is 0. The number of morpholine rings is 1. The number of rotatable bonds is 5. The average Bonchev–Trinajstić information content (AvgIpc) is 3.28. The molecular weight excluding hydrogens is 318 g/mol. The summed E-state index contributed by atoms with van der Waals surface area (Å²) < 4.78 is 13.2. The van der Waals surface area contributed by atoms with Gasteiger partial charge in [-0.2, -0.15) is 10.1 Å². The second kappa shape index (κ2) is 7.16. The maximum atomic E-state index is 5.84. The highest BCUT2D eigenvalue weighted by Gasteiger charge is 2.23. The molecule has 130 valence electrons. The average molecular weight is 339 g/mol. The highest BCUT2D eigenvalue weighted by Crippen LogP contribution is 2.20. The zero-order chi connectivity index (χ0) is 17.1. The van der Waals surface area contributed by atoms with Gasteiger partial charge in [0.15, 0.2) is 0 Å². The molecule has 0 aliphatic carbocycles. The Balaban J connectivity index is 1.39. The van der Waals surface area contributed by atoms with Crippen molar-refractivity contribution >= 4 is 0 Å². The zero-order valence-corrected chi connectivity index (χ0v) is 14.2. The van der Waals surface area contributed by atoms with Crippen LogP contribution in [-0.2, 0) is 17.8 Å². The molecule has 1 aliphatic rings. The van der Waals surface area contributed by atoms with E-state index in [0.717, 1.165) is 30.8 Å². The lowest BCUT2D eigenvalue weighted by Gasteiger charge is -2.31. The molecule has 25 heavy (non-hydrogen) atoms. The Morgan fingerprint density at radius 2 is 2.16 bits per heavy atom. The van der Waals surface area contributed by atoms with E-state index in [1.165, 1.54) is 0 Å². The molecule has 2 aromatic heterocycles. The van der Waals surface area contributed by atoms with Gasteiger partial charge in [-0.25, -0.2) is 0 Å². The Morgan fingerprint density at radius 3 is 3.00 bits per heavy atom. The molecule has 0 N–H and O–H groups in total. The van der Waals surface area contributed by atoms with Crippen LogP contribution in [0.2, 0.25) is 0 Å². The fraction of sp³-hybridized carbons (Fsp3) is 0.389. The number of aromatic nitrogens is 4. The lowest BCUT2D eigenvalue weighted by atomic mass is 10.1. The molecule has 4 rings (SSSR count). The van der Waals surface area contributed by atoms with E-state index < -0.39 is 0 Å². The van der Waals surface area contributed by atoms with Crippen molar-refractivity contribution in [1.29, 1.82) is 0 Å². The molecule has 0 unspecified atom stereocenters. The number of ether oxygens (including phenoxy) is 1. The van der Waals surface area contributed by atoms with Gasteiger partial charge >= 0.3 is 0 Å². The first-order valence-corrected chi connectivity index (χ1v) is 8.48. The summed E-state index contributed by atoms with van der Waals surface area (Å²) in [7, 11) is 0. The number of hydrogen-bond acceptors (Lipinski definition) is 6. The van der Waals surface area contributed by atoms with Gasteiger partial charge in [-0.05, 0) is 18.6 Å². The van der Waals surface area contributed by atoms with Gasteiger partial charge in [0.2, 0.25) is 11.7 Å². The predicted molar refractivity (Wildman–Crippen MR) is 91.7 cm³/mol. The second-order valence-electron chi connectivity index (χ2n) is 6.28. The van der Waals surface area contributed by atoms with Crippen molar-refractivity contribution in [2.75, 3.05) is 19.7 Å². The van der Waals surface area contributed by atoms with Gasteiger partial charge in [0.1, 0.15) is 0 Å². The van der Waals surface area contributed by atoms with Gasteiger partial charge in [0.25, 0.3) is 0 Å². The molecule has 1 aromatic carbocycles. The van der Waals surface area contributed by atoms with Crippen LogP contribution in [0.4, 0.5) is 0 Å². The summed E-state index contributed by atoms with van der Waals surface area (Å²) in [6.45, 7) is 5.82. The van der Waals surface area contributed by atoms with Crippen molar-refractivity contribution in [3.05, 3.63) is 54.2 Å². The van der Waals surface area contributed by atoms with Crippen LogP contribution in [0.5, 0.6) is 0 Å². The van der Waals surface area contributed by atoms with Crippen molar-refractivity contribution in [3.63, 3.8) is 0 Å². The molecule has 1 saturated heterocycles. The summed E-state index contributed by atoms with van der Waals surface area (Å²) in [5.41, 5.74) is 2.15. The lowest BCUT2D eigenvalue weighted by Crippen LogP contribution is -2.43. The fourth-order valence-electron chi connectivity index (χ4n) is 3.10.